The van der Waals surface area contributed by atoms with Crippen LogP contribution in [0.1, 0.15) is 22.9 Å². The highest BCUT2D eigenvalue weighted by atomic mass is 16.5. The first-order valence-electron chi connectivity index (χ1n) is 7.56. The maximum atomic E-state index is 6.09. The molecule has 1 aliphatic carbocycles. The van der Waals surface area contributed by atoms with Crippen molar-refractivity contribution in [1.82, 2.24) is 4.98 Å². The van der Waals surface area contributed by atoms with Gasteiger partial charge in [-0.25, -0.2) is 4.99 Å². The Hall–Kier alpha value is -2.68. The van der Waals surface area contributed by atoms with E-state index in [1.54, 1.807) is 0 Å². The molecule has 0 fully saturated rings. The molecule has 1 aromatic heterocycles. The fourth-order valence-corrected chi connectivity index (χ4v) is 3.42. The molecule has 0 N–H and O–H groups in total. The van der Waals surface area contributed by atoms with Crippen LogP contribution in [0.2, 0.25) is 0 Å². The maximum Gasteiger partial charge on any atom is 0.236 e. The number of ether oxygens (including phenoxy) is 1. The third-order valence-electron chi connectivity index (χ3n) is 4.52. The fourth-order valence-electron chi connectivity index (χ4n) is 3.42. The molecular weight excluding hydrogens is 272 g/mol. The van der Waals surface area contributed by atoms with Crippen LogP contribution in [0.5, 0.6) is 0 Å². The molecular formula is C19H14N2O. The molecule has 2 heterocycles. The van der Waals surface area contributed by atoms with Gasteiger partial charge >= 0.3 is 0 Å². The van der Waals surface area contributed by atoms with Crippen molar-refractivity contribution in [2.24, 2.45) is 4.99 Å². The van der Waals surface area contributed by atoms with Crippen LogP contribution in [0.15, 0.2) is 65.8 Å². The summed E-state index contributed by atoms with van der Waals surface area (Å²) in [5.74, 6) is 0.676. The van der Waals surface area contributed by atoms with E-state index in [1.807, 2.05) is 18.3 Å². The third-order valence-corrected chi connectivity index (χ3v) is 4.52. The van der Waals surface area contributed by atoms with E-state index in [-0.39, 0.29) is 12.1 Å². The van der Waals surface area contributed by atoms with Gasteiger partial charge in [0.1, 0.15) is 17.8 Å². The summed E-state index contributed by atoms with van der Waals surface area (Å²) in [7, 11) is 0. The van der Waals surface area contributed by atoms with E-state index in [4.69, 9.17) is 9.73 Å². The van der Waals surface area contributed by atoms with Crippen molar-refractivity contribution in [3.63, 3.8) is 0 Å². The van der Waals surface area contributed by atoms with Crippen LogP contribution in [0.25, 0.3) is 10.8 Å². The molecule has 0 saturated carbocycles. The zero-order valence-electron chi connectivity index (χ0n) is 11.9. The van der Waals surface area contributed by atoms with E-state index in [1.165, 1.54) is 11.1 Å². The summed E-state index contributed by atoms with van der Waals surface area (Å²) in [6.45, 7) is 0. The van der Waals surface area contributed by atoms with E-state index in [2.05, 4.69) is 47.4 Å². The summed E-state index contributed by atoms with van der Waals surface area (Å²) in [4.78, 5) is 9.32. The fraction of sp³-hybridized carbons (Fsp3) is 0.158. The molecule has 0 spiro atoms. The predicted octanol–water partition coefficient (Wildman–Crippen LogP) is 3.68. The molecule has 0 unspecified atom stereocenters. The molecule has 0 radical (unpaired) electrons. The zero-order chi connectivity index (χ0) is 14.5. The number of hydrogen-bond donors (Lipinski definition) is 0. The standard InChI is InChI=1S/C19H14N2O/c1-2-7-14-11-20-16(9-12(14)5-1)19-21-18-15-8-4-3-6-13(15)10-17(18)22-19/h1-9,11,17-18H,10H2/t17-,18+/m1/s1. The molecule has 0 saturated heterocycles. The number of pyridine rings is 1. The molecule has 1 aliphatic heterocycles. The summed E-state index contributed by atoms with van der Waals surface area (Å²) in [5.41, 5.74) is 3.47. The van der Waals surface area contributed by atoms with Crippen LogP contribution in [-0.4, -0.2) is 17.0 Å². The monoisotopic (exact) mass is 286 g/mol. The number of hydrogen-bond acceptors (Lipinski definition) is 3. The van der Waals surface area contributed by atoms with Gasteiger partial charge in [-0.1, -0.05) is 48.5 Å². The molecule has 0 amide bonds. The largest absolute Gasteiger partial charge is 0.470 e. The second-order valence-corrected chi connectivity index (χ2v) is 5.86. The smallest absolute Gasteiger partial charge is 0.236 e. The van der Waals surface area contributed by atoms with Gasteiger partial charge in [0.2, 0.25) is 5.90 Å². The van der Waals surface area contributed by atoms with Gasteiger partial charge in [-0.05, 0) is 22.6 Å². The van der Waals surface area contributed by atoms with Gasteiger partial charge < -0.3 is 4.74 Å². The lowest BCUT2D eigenvalue weighted by Crippen LogP contribution is -2.14. The predicted molar refractivity (Wildman–Crippen MR) is 86.0 cm³/mol. The van der Waals surface area contributed by atoms with E-state index in [0.29, 0.717) is 5.90 Å². The molecule has 2 atom stereocenters. The molecule has 5 rings (SSSR count). The Morgan fingerprint density at radius 2 is 1.77 bits per heavy atom. The van der Waals surface area contributed by atoms with Crippen LogP contribution in [0.3, 0.4) is 0 Å². The summed E-state index contributed by atoms with van der Waals surface area (Å²) in [5, 5.41) is 2.30. The number of nitrogens with zero attached hydrogens (tertiary/aromatic N) is 2. The quantitative estimate of drug-likeness (QED) is 0.684. The first-order valence-corrected chi connectivity index (χ1v) is 7.56. The highest BCUT2D eigenvalue weighted by Gasteiger charge is 2.39. The average Bonchev–Trinajstić information content (AvgIpc) is 3.12. The van der Waals surface area contributed by atoms with Crippen molar-refractivity contribution < 1.29 is 4.74 Å². The van der Waals surface area contributed by atoms with Crippen LogP contribution in [-0.2, 0) is 11.2 Å². The minimum absolute atomic E-state index is 0.125. The molecule has 0 bridgehead atoms. The Morgan fingerprint density at radius 3 is 2.73 bits per heavy atom. The molecule has 3 heteroatoms. The normalized spacial score (nSPS) is 22.1. The second kappa shape index (κ2) is 4.41. The molecule has 106 valence electrons. The van der Waals surface area contributed by atoms with Crippen LogP contribution < -0.4 is 0 Å². The Kier molecular flexibility index (Phi) is 2.39. The number of rotatable bonds is 1. The zero-order valence-corrected chi connectivity index (χ0v) is 11.9. The van der Waals surface area contributed by atoms with Crippen molar-refractivity contribution in [3.8, 4) is 0 Å². The summed E-state index contributed by atoms with van der Waals surface area (Å²) < 4.78 is 6.09. The van der Waals surface area contributed by atoms with Gasteiger partial charge in [-0.3, -0.25) is 4.98 Å². The van der Waals surface area contributed by atoms with Crippen molar-refractivity contribution in [3.05, 3.63) is 77.6 Å². The molecule has 3 nitrogen and oxygen atoms in total. The third kappa shape index (κ3) is 1.69. The van der Waals surface area contributed by atoms with E-state index < -0.39 is 0 Å². The van der Waals surface area contributed by atoms with Gasteiger partial charge in [0, 0.05) is 18.0 Å². The molecule has 2 aliphatic rings. The van der Waals surface area contributed by atoms with Gasteiger partial charge in [0.25, 0.3) is 0 Å². The lowest BCUT2D eigenvalue weighted by molar-refractivity contribution is 0.206. The van der Waals surface area contributed by atoms with Crippen molar-refractivity contribution in [2.45, 2.75) is 18.6 Å². The van der Waals surface area contributed by atoms with Crippen molar-refractivity contribution in [1.29, 1.82) is 0 Å². The highest BCUT2D eigenvalue weighted by molar-refractivity contribution is 5.97. The van der Waals surface area contributed by atoms with Crippen LogP contribution in [0, 0.1) is 0 Å². The van der Waals surface area contributed by atoms with Gasteiger partial charge in [0.15, 0.2) is 0 Å². The topological polar surface area (TPSA) is 34.5 Å². The SMILES string of the molecule is c1ccc2c(c1)C[C@H]1OC(c3cc4ccccc4cn3)=N[C@@H]21. The second-order valence-electron chi connectivity index (χ2n) is 5.86. The first kappa shape index (κ1) is 11.9. The van der Waals surface area contributed by atoms with Gasteiger partial charge in [-0.2, -0.15) is 0 Å². The molecule has 22 heavy (non-hydrogen) atoms. The Bertz CT molecular complexity index is 916. The minimum atomic E-state index is 0.125. The molecule has 2 aromatic carbocycles. The Balaban J connectivity index is 1.57. The average molecular weight is 286 g/mol. The van der Waals surface area contributed by atoms with Gasteiger partial charge in [0.05, 0.1) is 0 Å². The Labute approximate surface area is 128 Å². The number of fused-ring (bicyclic) bond motifs is 4. The Morgan fingerprint density at radius 1 is 0.955 bits per heavy atom. The van der Waals surface area contributed by atoms with E-state index >= 15 is 0 Å². The van der Waals surface area contributed by atoms with Crippen molar-refractivity contribution >= 4 is 16.7 Å². The number of aliphatic imine (C=N–C) groups is 1. The van der Waals surface area contributed by atoms with E-state index in [0.717, 1.165) is 22.9 Å². The summed E-state index contributed by atoms with van der Waals surface area (Å²) in [6, 6.07) is 18.9. The van der Waals surface area contributed by atoms with E-state index in [9.17, 15) is 0 Å². The summed E-state index contributed by atoms with van der Waals surface area (Å²) >= 11 is 0. The van der Waals surface area contributed by atoms with Crippen molar-refractivity contribution in [2.75, 3.05) is 0 Å². The maximum absolute atomic E-state index is 6.09. The van der Waals surface area contributed by atoms with Crippen LogP contribution in [0.4, 0.5) is 0 Å². The minimum Gasteiger partial charge on any atom is -0.470 e. The summed E-state index contributed by atoms with van der Waals surface area (Å²) in [6.07, 6.45) is 2.95. The first-order chi connectivity index (χ1) is 10.9. The van der Waals surface area contributed by atoms with Gasteiger partial charge in [-0.15, -0.1) is 0 Å². The lowest BCUT2D eigenvalue weighted by Gasteiger charge is -2.08. The number of aromatic nitrogens is 1. The highest BCUT2D eigenvalue weighted by Crippen LogP contribution is 2.40. The lowest BCUT2D eigenvalue weighted by atomic mass is 10.1. The number of benzene rings is 2. The molecule has 3 aromatic rings. The van der Waals surface area contributed by atoms with Crippen LogP contribution >= 0.6 is 0 Å².